The van der Waals surface area contributed by atoms with Crippen LogP contribution in [0.2, 0.25) is 0 Å². The first-order chi connectivity index (χ1) is 8.17. The molecular weight excluding hydrogens is 210 g/mol. The van der Waals surface area contributed by atoms with Crippen LogP contribution in [-0.2, 0) is 13.0 Å². The normalized spacial score (nSPS) is 11.3. The van der Waals surface area contributed by atoms with E-state index in [9.17, 15) is 0 Å². The van der Waals surface area contributed by atoms with E-state index in [2.05, 4.69) is 43.7 Å². The fourth-order valence-corrected chi connectivity index (χ4v) is 2.66. The van der Waals surface area contributed by atoms with E-state index in [1.165, 1.54) is 27.6 Å². The number of rotatable bonds is 4. The number of aromatic nitrogens is 1. The van der Waals surface area contributed by atoms with Crippen LogP contribution in [-0.4, -0.2) is 16.3 Å². The van der Waals surface area contributed by atoms with Gasteiger partial charge in [0.2, 0.25) is 0 Å². The summed E-state index contributed by atoms with van der Waals surface area (Å²) >= 11 is 0. The fraction of sp³-hybridized carbons (Fsp3) is 0.467. The first kappa shape index (κ1) is 12.2. The molecule has 2 nitrogen and oxygen atoms in total. The summed E-state index contributed by atoms with van der Waals surface area (Å²) < 4.78 is 2.18. The average Bonchev–Trinajstić information content (AvgIpc) is 2.58. The van der Waals surface area contributed by atoms with Crippen LogP contribution >= 0.6 is 0 Å². The van der Waals surface area contributed by atoms with Crippen LogP contribution in [0.4, 0.5) is 0 Å². The molecule has 0 saturated heterocycles. The number of fused-ring (bicyclic) bond motifs is 1. The standard InChI is InChI=1S/C15H21NO/c1-4-5-13-10-16(6-7-17)14-9-11(2)8-12(3)15(13)14/h8-10,17H,4-7H2,1-3H3. The average molecular weight is 231 g/mol. The molecule has 0 bridgehead atoms. The molecule has 0 fully saturated rings. The van der Waals surface area contributed by atoms with E-state index in [0.717, 1.165) is 12.8 Å². The Labute approximate surface area is 103 Å². The lowest BCUT2D eigenvalue weighted by Crippen LogP contribution is -2.00. The molecule has 92 valence electrons. The molecule has 0 saturated carbocycles. The van der Waals surface area contributed by atoms with Crippen molar-refractivity contribution in [3.05, 3.63) is 35.0 Å². The Bertz CT molecular complexity index is 525. The van der Waals surface area contributed by atoms with Crippen molar-refractivity contribution >= 4 is 10.9 Å². The summed E-state index contributed by atoms with van der Waals surface area (Å²) in [5.74, 6) is 0. The van der Waals surface area contributed by atoms with Crippen molar-refractivity contribution in [2.24, 2.45) is 0 Å². The molecule has 1 aromatic carbocycles. The van der Waals surface area contributed by atoms with E-state index >= 15 is 0 Å². The lowest BCUT2D eigenvalue weighted by atomic mass is 10.0. The molecule has 2 aromatic rings. The summed E-state index contributed by atoms with van der Waals surface area (Å²) in [5, 5.41) is 10.5. The SMILES string of the molecule is CCCc1cn(CCO)c2cc(C)cc(C)c12. The molecule has 1 N–H and O–H groups in total. The first-order valence-electron chi connectivity index (χ1n) is 6.37. The number of aliphatic hydroxyl groups is 1. The topological polar surface area (TPSA) is 25.2 Å². The predicted octanol–water partition coefficient (Wildman–Crippen LogP) is 3.20. The molecule has 0 aliphatic rings. The van der Waals surface area contributed by atoms with Crippen molar-refractivity contribution in [1.82, 2.24) is 4.57 Å². The maximum Gasteiger partial charge on any atom is 0.0610 e. The van der Waals surface area contributed by atoms with Crippen molar-refractivity contribution in [2.75, 3.05) is 6.61 Å². The smallest absolute Gasteiger partial charge is 0.0610 e. The Morgan fingerprint density at radius 3 is 2.65 bits per heavy atom. The largest absolute Gasteiger partial charge is 0.395 e. The third-order valence-electron chi connectivity index (χ3n) is 3.26. The Morgan fingerprint density at radius 2 is 2.00 bits per heavy atom. The van der Waals surface area contributed by atoms with Gasteiger partial charge in [-0.05, 0) is 43.0 Å². The third kappa shape index (κ3) is 2.22. The van der Waals surface area contributed by atoms with Crippen molar-refractivity contribution < 1.29 is 5.11 Å². The second-order valence-electron chi connectivity index (χ2n) is 4.80. The van der Waals surface area contributed by atoms with Crippen LogP contribution in [0.5, 0.6) is 0 Å². The van der Waals surface area contributed by atoms with Crippen LogP contribution in [0.3, 0.4) is 0 Å². The Hall–Kier alpha value is -1.28. The van der Waals surface area contributed by atoms with E-state index in [1.807, 2.05) is 0 Å². The molecule has 2 heteroatoms. The van der Waals surface area contributed by atoms with Gasteiger partial charge in [0.15, 0.2) is 0 Å². The van der Waals surface area contributed by atoms with Gasteiger partial charge < -0.3 is 9.67 Å². The van der Waals surface area contributed by atoms with Crippen LogP contribution < -0.4 is 0 Å². The van der Waals surface area contributed by atoms with Crippen LogP contribution in [0.25, 0.3) is 10.9 Å². The van der Waals surface area contributed by atoms with Gasteiger partial charge in [-0.2, -0.15) is 0 Å². The minimum absolute atomic E-state index is 0.197. The summed E-state index contributed by atoms with van der Waals surface area (Å²) in [6.45, 7) is 7.39. The van der Waals surface area contributed by atoms with E-state index < -0.39 is 0 Å². The van der Waals surface area contributed by atoms with Crippen LogP contribution in [0, 0.1) is 13.8 Å². The molecule has 2 rings (SSSR count). The zero-order valence-corrected chi connectivity index (χ0v) is 11.0. The zero-order chi connectivity index (χ0) is 12.4. The highest BCUT2D eigenvalue weighted by Crippen LogP contribution is 2.27. The number of hydrogen-bond acceptors (Lipinski definition) is 1. The van der Waals surface area contributed by atoms with Crippen molar-refractivity contribution in [3.8, 4) is 0 Å². The van der Waals surface area contributed by atoms with E-state index in [4.69, 9.17) is 5.11 Å². The summed E-state index contributed by atoms with van der Waals surface area (Å²) in [7, 11) is 0. The maximum absolute atomic E-state index is 9.14. The maximum atomic E-state index is 9.14. The summed E-state index contributed by atoms with van der Waals surface area (Å²) in [6, 6.07) is 4.46. The molecule has 1 heterocycles. The molecule has 1 aromatic heterocycles. The van der Waals surface area contributed by atoms with Gasteiger partial charge in [-0.25, -0.2) is 0 Å². The molecule has 0 aliphatic carbocycles. The molecule has 0 amide bonds. The monoisotopic (exact) mass is 231 g/mol. The number of nitrogens with zero attached hydrogens (tertiary/aromatic N) is 1. The van der Waals surface area contributed by atoms with E-state index in [0.29, 0.717) is 6.54 Å². The summed E-state index contributed by atoms with van der Waals surface area (Å²) in [5.41, 5.74) is 5.31. The second kappa shape index (κ2) is 4.92. The highest BCUT2D eigenvalue weighted by molar-refractivity contribution is 5.88. The quantitative estimate of drug-likeness (QED) is 0.859. The van der Waals surface area contributed by atoms with Crippen LogP contribution in [0.15, 0.2) is 18.3 Å². The lowest BCUT2D eigenvalue weighted by Gasteiger charge is -2.05. The molecule has 17 heavy (non-hydrogen) atoms. The number of benzene rings is 1. The van der Waals surface area contributed by atoms with Gasteiger partial charge in [0.25, 0.3) is 0 Å². The lowest BCUT2D eigenvalue weighted by molar-refractivity contribution is 0.278. The van der Waals surface area contributed by atoms with Crippen molar-refractivity contribution in [2.45, 2.75) is 40.2 Å². The van der Waals surface area contributed by atoms with Gasteiger partial charge in [-0.1, -0.05) is 19.4 Å². The van der Waals surface area contributed by atoms with Gasteiger partial charge in [-0.15, -0.1) is 0 Å². The number of aryl methyl sites for hydroxylation is 3. The number of aliphatic hydroxyl groups excluding tert-OH is 1. The summed E-state index contributed by atoms with van der Waals surface area (Å²) in [4.78, 5) is 0. The van der Waals surface area contributed by atoms with Gasteiger partial charge in [-0.3, -0.25) is 0 Å². The third-order valence-corrected chi connectivity index (χ3v) is 3.26. The van der Waals surface area contributed by atoms with Gasteiger partial charge in [0.05, 0.1) is 6.61 Å². The van der Waals surface area contributed by atoms with Gasteiger partial charge >= 0.3 is 0 Å². The highest BCUT2D eigenvalue weighted by atomic mass is 16.3. The molecule has 0 atom stereocenters. The molecule has 0 unspecified atom stereocenters. The minimum atomic E-state index is 0.197. The molecule has 0 spiro atoms. The Morgan fingerprint density at radius 1 is 1.24 bits per heavy atom. The summed E-state index contributed by atoms with van der Waals surface area (Å²) in [6.07, 6.45) is 4.47. The highest BCUT2D eigenvalue weighted by Gasteiger charge is 2.10. The fourth-order valence-electron chi connectivity index (χ4n) is 2.66. The van der Waals surface area contributed by atoms with Crippen molar-refractivity contribution in [1.29, 1.82) is 0 Å². The molecule has 0 aliphatic heterocycles. The van der Waals surface area contributed by atoms with E-state index in [1.54, 1.807) is 0 Å². The van der Waals surface area contributed by atoms with Crippen LogP contribution in [0.1, 0.15) is 30.0 Å². The van der Waals surface area contributed by atoms with Crippen molar-refractivity contribution in [3.63, 3.8) is 0 Å². The molecular formula is C15H21NO. The Balaban J connectivity index is 2.67. The second-order valence-corrected chi connectivity index (χ2v) is 4.80. The number of hydrogen-bond donors (Lipinski definition) is 1. The zero-order valence-electron chi connectivity index (χ0n) is 11.0. The van der Waals surface area contributed by atoms with Gasteiger partial charge in [0.1, 0.15) is 0 Å². The van der Waals surface area contributed by atoms with Gasteiger partial charge in [0, 0.05) is 23.6 Å². The minimum Gasteiger partial charge on any atom is -0.395 e. The van der Waals surface area contributed by atoms with E-state index in [-0.39, 0.29) is 6.61 Å². The Kier molecular flexibility index (Phi) is 3.53. The first-order valence-corrected chi connectivity index (χ1v) is 6.37. The predicted molar refractivity (Wildman–Crippen MR) is 72.5 cm³/mol. The molecule has 0 radical (unpaired) electrons.